The molecule has 0 N–H and O–H groups in total. The molecule has 0 aliphatic heterocycles. The van der Waals surface area contributed by atoms with Gasteiger partial charge in [0.15, 0.2) is 18.4 Å². The van der Waals surface area contributed by atoms with E-state index in [1.54, 1.807) is 0 Å². The summed E-state index contributed by atoms with van der Waals surface area (Å²) in [5, 5.41) is 0. The van der Waals surface area contributed by atoms with Gasteiger partial charge < -0.3 is 4.57 Å². The lowest BCUT2D eigenvalue weighted by molar-refractivity contribution is -0.700. The molecule has 1 aliphatic carbocycles. The molecule has 0 unspecified atom stereocenters. The van der Waals surface area contributed by atoms with Gasteiger partial charge in [-0.15, -0.1) is 0 Å². The second kappa shape index (κ2) is 3.23. The summed E-state index contributed by atoms with van der Waals surface area (Å²) in [6.07, 6.45) is 5.06. The van der Waals surface area contributed by atoms with Gasteiger partial charge in [-0.2, -0.15) is 0 Å². The molecule has 0 bridgehead atoms. The van der Waals surface area contributed by atoms with Crippen LogP contribution in [0.4, 0.5) is 0 Å². The second-order valence-electron chi connectivity index (χ2n) is 4.11. The third-order valence-corrected chi connectivity index (χ3v) is 2.87. The Morgan fingerprint density at radius 1 is 1.33 bits per heavy atom. The molecular weight excluding hydrogens is 184 g/mol. The van der Waals surface area contributed by atoms with Crippen molar-refractivity contribution >= 4 is 0 Å². The Kier molecular flexibility index (Phi) is 1.47. The van der Waals surface area contributed by atoms with E-state index in [1.807, 2.05) is 46.6 Å². The number of nitrogens with zero attached hydrogens (tertiary/aromatic N) is 2. The van der Waals surface area contributed by atoms with Gasteiger partial charge in [0.25, 0.3) is 0 Å². The lowest BCUT2D eigenvalue weighted by Gasteiger charge is -2.02. The summed E-state index contributed by atoms with van der Waals surface area (Å²) >= 11 is 0. The molecule has 1 saturated carbocycles. The van der Waals surface area contributed by atoms with E-state index >= 15 is 0 Å². The zero-order valence-electron chi connectivity index (χ0n) is 10.8. The summed E-state index contributed by atoms with van der Waals surface area (Å²) in [7, 11) is 1.98. The first-order valence-electron chi connectivity index (χ1n) is 6.31. The molecule has 0 spiro atoms. The van der Waals surface area contributed by atoms with Crippen LogP contribution in [0.25, 0.3) is 11.3 Å². The molecule has 3 rings (SSSR count). The van der Waals surface area contributed by atoms with E-state index in [-0.39, 0.29) is 0 Å². The van der Waals surface area contributed by atoms with Crippen molar-refractivity contribution in [1.29, 1.82) is 0 Å². The van der Waals surface area contributed by atoms with Crippen LogP contribution in [0.5, 0.6) is 0 Å². The molecule has 0 amide bonds. The van der Waals surface area contributed by atoms with Crippen LogP contribution in [0.2, 0.25) is 0 Å². The van der Waals surface area contributed by atoms with Gasteiger partial charge in [-0.3, -0.25) is 0 Å². The van der Waals surface area contributed by atoms with E-state index in [2.05, 4.69) is 0 Å². The maximum Gasteiger partial charge on any atom is 0.169 e. The van der Waals surface area contributed by atoms with Crippen LogP contribution in [-0.4, -0.2) is 4.57 Å². The van der Waals surface area contributed by atoms with Crippen molar-refractivity contribution in [3.8, 4) is 11.3 Å². The normalized spacial score (nSPS) is 17.4. The van der Waals surface area contributed by atoms with Gasteiger partial charge in [0.2, 0.25) is 0 Å². The lowest BCUT2D eigenvalue weighted by atomic mass is 10.2. The molecule has 0 atom stereocenters. The number of rotatable bonds is 2. The largest absolute Gasteiger partial charge is 0.351 e. The molecule has 0 saturated heterocycles. The lowest BCUT2D eigenvalue weighted by Crippen LogP contribution is -2.30. The summed E-state index contributed by atoms with van der Waals surface area (Å²) in [5.41, 5.74) is 2.00. The van der Waals surface area contributed by atoms with Crippen molar-refractivity contribution in [1.82, 2.24) is 4.57 Å². The first kappa shape index (κ1) is 6.83. The number of aryl methyl sites for hydroxylation is 1. The van der Waals surface area contributed by atoms with Gasteiger partial charge in [0.05, 0.1) is 0 Å². The van der Waals surface area contributed by atoms with E-state index < -0.39 is 0 Å². The van der Waals surface area contributed by atoms with Crippen molar-refractivity contribution in [2.24, 2.45) is 7.05 Å². The molecule has 1 aliphatic rings. The van der Waals surface area contributed by atoms with Gasteiger partial charge in [-0.25, -0.2) is 4.57 Å². The average molecular weight is 201 g/mol. The van der Waals surface area contributed by atoms with Gasteiger partial charge in [-0.05, 0) is 12.1 Å². The van der Waals surface area contributed by atoms with Crippen LogP contribution in [0.1, 0.15) is 21.6 Å². The molecule has 2 heterocycles. The van der Waals surface area contributed by atoms with Gasteiger partial charge >= 0.3 is 0 Å². The fraction of sp³-hybridized carbons (Fsp3) is 0.308. The molecule has 2 nitrogen and oxygen atoms in total. The third-order valence-electron chi connectivity index (χ3n) is 2.87. The quantitative estimate of drug-likeness (QED) is 0.659. The number of hydrogen-bond acceptors (Lipinski definition) is 0. The molecular formula is C13H15N2+. The van der Waals surface area contributed by atoms with Crippen molar-refractivity contribution < 1.29 is 7.31 Å². The summed E-state index contributed by atoms with van der Waals surface area (Å²) in [5.74, 6) is 0. The maximum absolute atomic E-state index is 8.03. The molecule has 76 valence electrons. The zero-order valence-corrected chi connectivity index (χ0v) is 8.77. The van der Waals surface area contributed by atoms with E-state index in [0.29, 0.717) is 18.4 Å². The number of aromatic nitrogens is 2. The fourth-order valence-electron chi connectivity index (χ4n) is 1.81. The number of pyridine rings is 1. The predicted octanol–water partition coefficient (Wildman–Crippen LogP) is 2.31. The smallest absolute Gasteiger partial charge is 0.169 e. The highest BCUT2D eigenvalue weighted by molar-refractivity contribution is 5.58. The topological polar surface area (TPSA) is 8.81 Å². The zero-order chi connectivity index (χ0) is 12.0. The third kappa shape index (κ3) is 1.56. The van der Waals surface area contributed by atoms with Crippen LogP contribution >= 0.6 is 0 Å². The van der Waals surface area contributed by atoms with Crippen molar-refractivity contribution in [3.63, 3.8) is 0 Å². The predicted molar refractivity (Wildman–Crippen MR) is 59.3 cm³/mol. The average Bonchev–Trinajstić information content (AvgIpc) is 2.99. The molecule has 0 aromatic carbocycles. The minimum absolute atomic E-state index is 0.387. The SMILES string of the molecule is [2H]c1cc(-c2cccn2C)cc([2H])[n+]1C1CC1. The van der Waals surface area contributed by atoms with E-state index in [1.165, 1.54) is 0 Å². The molecule has 2 aromatic heterocycles. The van der Waals surface area contributed by atoms with Crippen LogP contribution in [0, 0.1) is 0 Å². The highest BCUT2D eigenvalue weighted by atomic mass is 15.0. The Balaban J connectivity index is 2.11. The summed E-state index contributed by atoms with van der Waals surface area (Å²) in [4.78, 5) is 0. The second-order valence-corrected chi connectivity index (χ2v) is 4.11. The van der Waals surface area contributed by atoms with Crippen LogP contribution in [0.15, 0.2) is 42.8 Å². The Morgan fingerprint density at radius 3 is 2.60 bits per heavy atom. The summed E-state index contributed by atoms with van der Waals surface area (Å²) < 4.78 is 19.9. The highest BCUT2D eigenvalue weighted by Crippen LogP contribution is 2.29. The molecule has 1 fully saturated rings. The Labute approximate surface area is 92.6 Å². The fourth-order valence-corrected chi connectivity index (χ4v) is 1.81. The van der Waals surface area contributed by atoms with Crippen LogP contribution in [0.3, 0.4) is 0 Å². The molecule has 15 heavy (non-hydrogen) atoms. The van der Waals surface area contributed by atoms with Gasteiger partial charge in [-0.1, -0.05) is 0 Å². The van der Waals surface area contributed by atoms with Crippen molar-refractivity contribution in [2.45, 2.75) is 18.9 Å². The first-order valence-corrected chi connectivity index (χ1v) is 5.31. The van der Waals surface area contributed by atoms with Crippen molar-refractivity contribution in [3.05, 3.63) is 42.8 Å². The Hall–Kier alpha value is -1.57. The first-order chi connectivity index (χ1) is 8.16. The van der Waals surface area contributed by atoms with Crippen LogP contribution < -0.4 is 4.57 Å². The molecule has 2 aromatic rings. The summed E-state index contributed by atoms with van der Waals surface area (Å²) in [6.45, 7) is 0. The Morgan fingerprint density at radius 2 is 2.07 bits per heavy atom. The monoisotopic (exact) mass is 201 g/mol. The number of hydrogen-bond donors (Lipinski definition) is 0. The highest BCUT2D eigenvalue weighted by Gasteiger charge is 2.30. The standard InChI is InChI=1S/C13H15N2/c1-14-8-2-3-13(14)11-6-9-15(10-7-11)12-4-5-12/h2-3,6-10,12H,4-5H2,1H3/q+1/i9D,10D. The Bertz CT molecular complexity index is 548. The van der Waals surface area contributed by atoms with E-state index in [0.717, 1.165) is 24.1 Å². The maximum atomic E-state index is 8.03. The molecule has 0 radical (unpaired) electrons. The van der Waals surface area contributed by atoms with Crippen molar-refractivity contribution in [2.75, 3.05) is 0 Å². The van der Waals surface area contributed by atoms with E-state index in [9.17, 15) is 0 Å². The van der Waals surface area contributed by atoms with E-state index in [4.69, 9.17) is 2.74 Å². The minimum Gasteiger partial charge on any atom is -0.351 e. The van der Waals surface area contributed by atoms with Gasteiger partial charge in [0.1, 0.15) is 2.74 Å². The molecule has 2 heteroatoms. The minimum atomic E-state index is 0.387. The van der Waals surface area contributed by atoms with Gasteiger partial charge in [0, 0.05) is 49.5 Å². The summed E-state index contributed by atoms with van der Waals surface area (Å²) in [6, 6.07) is 8.08. The van der Waals surface area contributed by atoms with Crippen LogP contribution in [-0.2, 0) is 7.05 Å².